The van der Waals surface area contributed by atoms with Gasteiger partial charge in [-0.1, -0.05) is 0 Å². The van der Waals surface area contributed by atoms with Crippen molar-refractivity contribution in [2.24, 2.45) is 5.92 Å². The Kier molecular flexibility index (Phi) is 5.20. The molecule has 0 aromatic heterocycles. The Morgan fingerprint density at radius 3 is 2.26 bits per heavy atom. The maximum atomic E-state index is 11.9. The van der Waals surface area contributed by atoms with Crippen LogP contribution in [0.3, 0.4) is 0 Å². The van der Waals surface area contributed by atoms with Gasteiger partial charge in [0.05, 0.1) is 11.2 Å². The molecule has 1 N–H and O–H groups in total. The molecule has 0 saturated carbocycles. The smallest absolute Gasteiger partial charge is 0.460 e. The van der Waals surface area contributed by atoms with Gasteiger partial charge >= 0.3 is 13.1 Å². The van der Waals surface area contributed by atoms with Gasteiger partial charge in [0.15, 0.2) is 0 Å². The summed E-state index contributed by atoms with van der Waals surface area (Å²) in [6, 6.07) is 0. The third-order valence-electron chi connectivity index (χ3n) is 5.15. The molecule has 5 nitrogen and oxygen atoms in total. The van der Waals surface area contributed by atoms with Crippen molar-refractivity contribution in [2.75, 3.05) is 13.1 Å². The second kappa shape index (κ2) is 6.38. The average molecular weight is 325 g/mol. The first-order valence-corrected chi connectivity index (χ1v) is 8.69. The maximum absolute atomic E-state index is 11.9. The molecule has 0 bridgehead atoms. The molecule has 132 valence electrons. The number of ether oxygens (including phenoxy) is 1. The number of hydrogen-bond donors (Lipinski definition) is 1. The molecule has 2 saturated heterocycles. The largest absolute Gasteiger partial charge is 0.462 e. The Labute approximate surface area is 141 Å². The van der Waals surface area contributed by atoms with Gasteiger partial charge in [-0.15, -0.1) is 0 Å². The zero-order chi connectivity index (χ0) is 17.5. The molecule has 2 fully saturated rings. The molecule has 0 aromatic rings. The summed E-state index contributed by atoms with van der Waals surface area (Å²) in [5.41, 5.74) is -1.04. The zero-order valence-electron chi connectivity index (χ0n) is 15.7. The van der Waals surface area contributed by atoms with Crippen molar-refractivity contribution in [3.63, 3.8) is 0 Å². The fourth-order valence-electron chi connectivity index (χ4n) is 3.15. The fraction of sp³-hybridized carbons (Fsp3) is 0.941. The highest BCUT2D eigenvalue weighted by Crippen LogP contribution is 2.43. The van der Waals surface area contributed by atoms with E-state index in [1.54, 1.807) is 0 Å². The predicted octanol–water partition coefficient (Wildman–Crippen LogP) is 2.79. The lowest BCUT2D eigenvalue weighted by Gasteiger charge is -2.32. The summed E-state index contributed by atoms with van der Waals surface area (Å²) >= 11 is 0. The molecular weight excluding hydrogens is 293 g/mol. The Morgan fingerprint density at radius 2 is 1.74 bits per heavy atom. The van der Waals surface area contributed by atoms with Crippen LogP contribution in [0.1, 0.15) is 61.3 Å². The molecule has 2 aliphatic rings. The Balaban J connectivity index is 1.90. The van der Waals surface area contributed by atoms with Gasteiger partial charge in [0.1, 0.15) is 5.60 Å². The van der Waals surface area contributed by atoms with Crippen LogP contribution in [0.25, 0.3) is 0 Å². The predicted molar refractivity (Wildman–Crippen MR) is 91.3 cm³/mol. The van der Waals surface area contributed by atoms with E-state index in [0.717, 1.165) is 19.5 Å². The minimum Gasteiger partial charge on any atom is -0.460 e. The van der Waals surface area contributed by atoms with Crippen LogP contribution in [0.4, 0.5) is 0 Å². The number of nitrogens with one attached hydrogen (secondary N) is 1. The second-order valence-corrected chi connectivity index (χ2v) is 8.83. The Hall–Kier alpha value is -0.585. The molecule has 2 aliphatic heterocycles. The van der Waals surface area contributed by atoms with E-state index in [1.165, 1.54) is 0 Å². The lowest BCUT2D eigenvalue weighted by atomic mass is 9.65. The summed E-state index contributed by atoms with van der Waals surface area (Å²) in [4.78, 5) is 11.9. The van der Waals surface area contributed by atoms with Crippen LogP contribution in [0.2, 0.25) is 5.82 Å². The number of esters is 1. The number of rotatable bonds is 4. The van der Waals surface area contributed by atoms with Crippen LogP contribution >= 0.6 is 0 Å². The summed E-state index contributed by atoms with van der Waals surface area (Å²) in [5.74, 6) is 0.521. The van der Waals surface area contributed by atoms with Crippen molar-refractivity contribution < 1.29 is 18.8 Å². The molecule has 2 rings (SSSR count). The van der Waals surface area contributed by atoms with Crippen molar-refractivity contribution in [1.29, 1.82) is 0 Å². The molecule has 23 heavy (non-hydrogen) atoms. The van der Waals surface area contributed by atoms with Crippen molar-refractivity contribution >= 4 is 13.1 Å². The molecule has 2 heterocycles. The summed E-state index contributed by atoms with van der Waals surface area (Å²) < 4.78 is 17.8. The molecule has 0 radical (unpaired) electrons. The lowest BCUT2D eigenvalue weighted by molar-refractivity contribution is -0.155. The van der Waals surface area contributed by atoms with Gasteiger partial charge in [0, 0.05) is 12.2 Å². The molecule has 0 aliphatic carbocycles. The van der Waals surface area contributed by atoms with Gasteiger partial charge in [0.25, 0.3) is 0 Å². The van der Waals surface area contributed by atoms with Crippen LogP contribution in [-0.2, 0) is 18.8 Å². The summed E-state index contributed by atoms with van der Waals surface area (Å²) in [6.07, 6.45) is 1.25. The molecule has 0 spiro atoms. The quantitative estimate of drug-likeness (QED) is 0.636. The van der Waals surface area contributed by atoms with E-state index in [0.29, 0.717) is 12.3 Å². The van der Waals surface area contributed by atoms with Crippen LogP contribution < -0.4 is 5.32 Å². The molecular formula is C17H32BNO4. The molecule has 2 atom stereocenters. The van der Waals surface area contributed by atoms with Crippen molar-refractivity contribution in [1.82, 2.24) is 5.32 Å². The van der Waals surface area contributed by atoms with Gasteiger partial charge in [-0.2, -0.15) is 0 Å². The zero-order valence-corrected chi connectivity index (χ0v) is 15.7. The minimum absolute atomic E-state index is 0.128. The van der Waals surface area contributed by atoms with Crippen molar-refractivity contribution in [2.45, 2.75) is 83.9 Å². The highest BCUT2D eigenvalue weighted by Gasteiger charge is 2.55. The van der Waals surface area contributed by atoms with E-state index in [-0.39, 0.29) is 30.1 Å². The third-order valence-corrected chi connectivity index (χ3v) is 5.15. The van der Waals surface area contributed by atoms with Gasteiger partial charge in [-0.25, -0.2) is 0 Å². The van der Waals surface area contributed by atoms with E-state index in [2.05, 4.69) is 33.0 Å². The minimum atomic E-state index is -0.421. The normalized spacial score (nSPS) is 29.8. The summed E-state index contributed by atoms with van der Waals surface area (Å²) in [5, 5.41) is 3.41. The maximum Gasteiger partial charge on any atom is 0.462 e. The average Bonchev–Trinajstić information content (AvgIpc) is 2.87. The van der Waals surface area contributed by atoms with E-state index in [9.17, 15) is 4.79 Å². The monoisotopic (exact) mass is 325 g/mol. The fourth-order valence-corrected chi connectivity index (χ4v) is 3.15. The van der Waals surface area contributed by atoms with Crippen molar-refractivity contribution in [3.8, 4) is 0 Å². The Morgan fingerprint density at radius 1 is 1.17 bits per heavy atom. The highest BCUT2D eigenvalue weighted by atomic mass is 16.7. The SMILES string of the molecule is CC(C)(C)OC(=O)CCC1CNCC1B1OC(C)(C)C(C)(C)O1. The highest BCUT2D eigenvalue weighted by molar-refractivity contribution is 6.47. The van der Waals surface area contributed by atoms with Crippen LogP contribution in [0.15, 0.2) is 0 Å². The molecule has 0 aromatic carbocycles. The van der Waals surface area contributed by atoms with Gasteiger partial charge in [-0.3, -0.25) is 4.79 Å². The number of carbonyl (C=O) groups excluding carboxylic acids is 1. The molecule has 0 amide bonds. The molecule has 6 heteroatoms. The number of carbonyl (C=O) groups is 1. The van der Waals surface area contributed by atoms with Gasteiger partial charge < -0.3 is 19.4 Å². The third kappa shape index (κ3) is 4.49. The van der Waals surface area contributed by atoms with Crippen LogP contribution in [0, 0.1) is 5.92 Å². The van der Waals surface area contributed by atoms with E-state index in [1.807, 2.05) is 20.8 Å². The molecule has 2 unspecified atom stereocenters. The van der Waals surface area contributed by atoms with Gasteiger partial charge in [-0.05, 0) is 73.9 Å². The second-order valence-electron chi connectivity index (χ2n) is 8.83. The summed E-state index contributed by atoms with van der Waals surface area (Å²) in [7, 11) is -0.210. The van der Waals surface area contributed by atoms with E-state index < -0.39 is 5.60 Å². The van der Waals surface area contributed by atoms with E-state index in [4.69, 9.17) is 14.0 Å². The van der Waals surface area contributed by atoms with Crippen LogP contribution in [-0.4, -0.2) is 43.0 Å². The number of hydrogen-bond acceptors (Lipinski definition) is 5. The first kappa shape index (κ1) is 18.7. The van der Waals surface area contributed by atoms with Crippen molar-refractivity contribution in [3.05, 3.63) is 0 Å². The van der Waals surface area contributed by atoms with E-state index >= 15 is 0 Å². The first-order chi connectivity index (χ1) is 10.4. The van der Waals surface area contributed by atoms with Gasteiger partial charge in [0.2, 0.25) is 0 Å². The summed E-state index contributed by atoms with van der Waals surface area (Å²) in [6.45, 7) is 15.8. The first-order valence-electron chi connectivity index (χ1n) is 8.69. The standard InChI is InChI=1S/C17H32BNO4/c1-15(2,3)21-14(20)9-8-12-10-19-11-13(12)18-22-16(4,5)17(6,7)23-18/h12-13,19H,8-11H2,1-7H3. The Bertz CT molecular complexity index is 428. The lowest BCUT2D eigenvalue weighted by Crippen LogP contribution is -2.41. The van der Waals surface area contributed by atoms with Crippen LogP contribution in [0.5, 0.6) is 0 Å². The topological polar surface area (TPSA) is 56.8 Å².